The van der Waals surface area contributed by atoms with Gasteiger partial charge in [-0.15, -0.1) is 0 Å². The van der Waals surface area contributed by atoms with E-state index in [4.69, 9.17) is 4.74 Å². The molecule has 0 bridgehead atoms. The second-order valence-electron chi connectivity index (χ2n) is 4.41. The minimum Gasteiger partial charge on any atom is -0.468 e. The number of ether oxygens (including phenoxy) is 1. The summed E-state index contributed by atoms with van der Waals surface area (Å²) in [5.74, 6) is 0. The van der Waals surface area contributed by atoms with E-state index in [2.05, 4.69) is 16.4 Å². The SMILES string of the molecule is c1ccc2sc(OC[C@H]3CCCCN3)nc2c1. The van der Waals surface area contributed by atoms with Crippen LogP contribution in [0.3, 0.4) is 0 Å². The fourth-order valence-corrected chi connectivity index (χ4v) is 2.97. The zero-order valence-corrected chi connectivity index (χ0v) is 10.5. The number of hydrogen-bond acceptors (Lipinski definition) is 4. The van der Waals surface area contributed by atoms with Crippen LogP contribution < -0.4 is 10.1 Å². The molecule has 17 heavy (non-hydrogen) atoms. The van der Waals surface area contributed by atoms with Crippen molar-refractivity contribution in [3.05, 3.63) is 24.3 Å². The molecule has 1 aliphatic rings. The number of fused-ring (bicyclic) bond motifs is 1. The molecule has 0 amide bonds. The number of thiazole rings is 1. The molecule has 0 saturated carbocycles. The number of nitrogens with zero attached hydrogens (tertiary/aromatic N) is 1. The van der Waals surface area contributed by atoms with Gasteiger partial charge in [0.15, 0.2) is 0 Å². The molecule has 3 nitrogen and oxygen atoms in total. The Balaban J connectivity index is 1.64. The van der Waals surface area contributed by atoms with Crippen LogP contribution in [0.4, 0.5) is 0 Å². The van der Waals surface area contributed by atoms with Gasteiger partial charge in [0.1, 0.15) is 6.61 Å². The summed E-state index contributed by atoms with van der Waals surface area (Å²) in [4.78, 5) is 4.47. The smallest absolute Gasteiger partial charge is 0.274 e. The van der Waals surface area contributed by atoms with Crippen LogP contribution in [-0.4, -0.2) is 24.2 Å². The summed E-state index contributed by atoms with van der Waals surface area (Å²) in [6.07, 6.45) is 3.81. The standard InChI is InChI=1S/C13H16N2OS/c1-2-7-12-11(6-1)15-13(17-12)16-9-10-5-3-4-8-14-10/h1-2,6-7,10,14H,3-5,8-9H2/t10-/m1/s1. The Morgan fingerprint density at radius 1 is 1.35 bits per heavy atom. The third-order valence-corrected chi connectivity index (χ3v) is 4.04. The van der Waals surface area contributed by atoms with Crippen molar-refractivity contribution in [1.29, 1.82) is 0 Å². The fourth-order valence-electron chi connectivity index (χ4n) is 2.15. The molecule has 1 saturated heterocycles. The second-order valence-corrected chi connectivity index (χ2v) is 5.40. The number of nitrogens with one attached hydrogen (secondary N) is 1. The lowest BCUT2D eigenvalue weighted by Gasteiger charge is -2.22. The van der Waals surface area contributed by atoms with E-state index in [1.165, 1.54) is 24.0 Å². The van der Waals surface area contributed by atoms with Crippen LogP contribution >= 0.6 is 11.3 Å². The molecule has 1 fully saturated rings. The quantitative estimate of drug-likeness (QED) is 0.907. The summed E-state index contributed by atoms with van der Waals surface area (Å²) >= 11 is 1.62. The predicted octanol–water partition coefficient (Wildman–Crippen LogP) is 2.82. The third kappa shape index (κ3) is 2.58. The Morgan fingerprint density at radius 3 is 3.12 bits per heavy atom. The molecule has 0 unspecified atom stereocenters. The van der Waals surface area contributed by atoms with E-state index in [1.807, 2.05) is 18.2 Å². The van der Waals surface area contributed by atoms with E-state index in [9.17, 15) is 0 Å². The summed E-state index contributed by atoms with van der Waals surface area (Å²) < 4.78 is 6.97. The highest BCUT2D eigenvalue weighted by atomic mass is 32.1. The Labute approximate surface area is 105 Å². The summed E-state index contributed by atoms with van der Waals surface area (Å²) in [6, 6.07) is 8.65. The zero-order valence-electron chi connectivity index (χ0n) is 9.69. The van der Waals surface area contributed by atoms with E-state index >= 15 is 0 Å². The van der Waals surface area contributed by atoms with E-state index < -0.39 is 0 Å². The number of hydrogen-bond donors (Lipinski definition) is 1. The van der Waals surface area contributed by atoms with Crippen molar-refractivity contribution in [2.45, 2.75) is 25.3 Å². The Bertz CT molecular complexity index is 458. The van der Waals surface area contributed by atoms with Gasteiger partial charge in [0.05, 0.1) is 10.2 Å². The average Bonchev–Trinajstić information content (AvgIpc) is 2.80. The van der Waals surface area contributed by atoms with Crippen molar-refractivity contribution >= 4 is 21.6 Å². The van der Waals surface area contributed by atoms with Crippen LogP contribution in [-0.2, 0) is 0 Å². The van der Waals surface area contributed by atoms with Gasteiger partial charge in [-0.3, -0.25) is 0 Å². The van der Waals surface area contributed by atoms with Crippen molar-refractivity contribution in [2.24, 2.45) is 0 Å². The minimum atomic E-state index is 0.496. The van der Waals surface area contributed by atoms with Crippen molar-refractivity contribution in [1.82, 2.24) is 10.3 Å². The predicted molar refractivity (Wildman–Crippen MR) is 70.8 cm³/mol. The molecule has 1 atom stereocenters. The van der Waals surface area contributed by atoms with Gasteiger partial charge in [-0.2, -0.15) is 0 Å². The van der Waals surface area contributed by atoms with Crippen LogP contribution in [0, 0.1) is 0 Å². The molecule has 3 rings (SSSR count). The number of piperidine rings is 1. The maximum atomic E-state index is 5.78. The number of benzene rings is 1. The number of para-hydroxylation sites is 1. The van der Waals surface area contributed by atoms with Crippen LogP contribution in [0.1, 0.15) is 19.3 Å². The molecule has 1 N–H and O–H groups in total. The molecule has 0 radical (unpaired) electrons. The van der Waals surface area contributed by atoms with E-state index in [1.54, 1.807) is 11.3 Å². The molecule has 90 valence electrons. The number of rotatable bonds is 3. The largest absolute Gasteiger partial charge is 0.468 e. The molecule has 4 heteroatoms. The van der Waals surface area contributed by atoms with Gasteiger partial charge >= 0.3 is 0 Å². The molecule has 2 aromatic rings. The summed E-state index contributed by atoms with van der Waals surface area (Å²) in [7, 11) is 0. The summed E-state index contributed by atoms with van der Waals surface area (Å²) in [6.45, 7) is 1.85. The lowest BCUT2D eigenvalue weighted by molar-refractivity contribution is 0.238. The van der Waals surface area contributed by atoms with Crippen LogP contribution in [0.5, 0.6) is 5.19 Å². The first-order valence-electron chi connectivity index (χ1n) is 6.13. The van der Waals surface area contributed by atoms with Crippen molar-refractivity contribution in [3.8, 4) is 5.19 Å². The lowest BCUT2D eigenvalue weighted by Crippen LogP contribution is -2.38. The van der Waals surface area contributed by atoms with Crippen molar-refractivity contribution < 1.29 is 4.74 Å². The Hall–Kier alpha value is -1.13. The van der Waals surface area contributed by atoms with Gasteiger partial charge in [-0.1, -0.05) is 29.9 Å². The van der Waals surface area contributed by atoms with Gasteiger partial charge in [0.25, 0.3) is 5.19 Å². The highest BCUT2D eigenvalue weighted by molar-refractivity contribution is 7.20. The Morgan fingerprint density at radius 2 is 2.29 bits per heavy atom. The van der Waals surface area contributed by atoms with Gasteiger partial charge in [-0.05, 0) is 31.5 Å². The summed E-state index contributed by atoms with van der Waals surface area (Å²) in [5.41, 5.74) is 1.03. The van der Waals surface area contributed by atoms with Gasteiger partial charge in [-0.25, -0.2) is 4.98 Å². The first-order chi connectivity index (χ1) is 8.42. The Kier molecular flexibility index (Phi) is 3.25. The minimum absolute atomic E-state index is 0.496. The topological polar surface area (TPSA) is 34.1 Å². The zero-order chi connectivity index (χ0) is 11.5. The van der Waals surface area contributed by atoms with Gasteiger partial charge in [0, 0.05) is 6.04 Å². The summed E-state index contributed by atoms with van der Waals surface area (Å²) in [5, 5.41) is 4.27. The first-order valence-corrected chi connectivity index (χ1v) is 6.95. The number of aromatic nitrogens is 1. The highest BCUT2D eigenvalue weighted by Gasteiger charge is 2.14. The third-order valence-electron chi connectivity index (χ3n) is 3.09. The fraction of sp³-hybridized carbons (Fsp3) is 0.462. The van der Waals surface area contributed by atoms with Gasteiger partial charge in [0.2, 0.25) is 0 Å². The van der Waals surface area contributed by atoms with E-state index in [0.29, 0.717) is 6.04 Å². The maximum absolute atomic E-state index is 5.78. The molecule has 1 aromatic heterocycles. The van der Waals surface area contributed by atoms with Gasteiger partial charge < -0.3 is 10.1 Å². The van der Waals surface area contributed by atoms with Crippen LogP contribution in [0.15, 0.2) is 24.3 Å². The first kappa shape index (κ1) is 11.0. The van der Waals surface area contributed by atoms with E-state index in [-0.39, 0.29) is 0 Å². The highest BCUT2D eigenvalue weighted by Crippen LogP contribution is 2.27. The second kappa shape index (κ2) is 5.02. The van der Waals surface area contributed by atoms with E-state index in [0.717, 1.165) is 23.9 Å². The molecule has 0 spiro atoms. The lowest BCUT2D eigenvalue weighted by atomic mass is 10.1. The maximum Gasteiger partial charge on any atom is 0.274 e. The van der Waals surface area contributed by atoms with Crippen molar-refractivity contribution in [2.75, 3.05) is 13.2 Å². The van der Waals surface area contributed by atoms with Crippen molar-refractivity contribution in [3.63, 3.8) is 0 Å². The molecular formula is C13H16N2OS. The molecular weight excluding hydrogens is 232 g/mol. The molecule has 2 heterocycles. The van der Waals surface area contributed by atoms with Crippen LogP contribution in [0.25, 0.3) is 10.2 Å². The molecule has 0 aliphatic carbocycles. The molecule has 1 aromatic carbocycles. The molecule has 1 aliphatic heterocycles. The average molecular weight is 248 g/mol. The van der Waals surface area contributed by atoms with Crippen LogP contribution in [0.2, 0.25) is 0 Å². The monoisotopic (exact) mass is 248 g/mol. The normalized spacial score (nSPS) is 20.6.